The van der Waals surface area contributed by atoms with Crippen molar-refractivity contribution in [2.75, 3.05) is 13.7 Å². The zero-order valence-corrected chi connectivity index (χ0v) is 8.13. The summed E-state index contributed by atoms with van der Waals surface area (Å²) in [5.74, 6) is -0.0350. The van der Waals surface area contributed by atoms with Crippen molar-refractivity contribution in [3.8, 4) is 5.75 Å². The average molecular weight is 196 g/mol. The molecule has 3 heteroatoms. The van der Waals surface area contributed by atoms with Gasteiger partial charge in [-0.2, -0.15) is 0 Å². The van der Waals surface area contributed by atoms with Gasteiger partial charge < -0.3 is 9.47 Å². The topological polar surface area (TPSA) is 18.5 Å². The first-order chi connectivity index (χ1) is 6.81. The van der Waals surface area contributed by atoms with E-state index >= 15 is 0 Å². The SMILES string of the molecule is COc1ccc(C2CCCO2)cc1F. The molecule has 1 aromatic carbocycles. The van der Waals surface area contributed by atoms with Gasteiger partial charge in [-0.15, -0.1) is 0 Å². The Morgan fingerprint density at radius 1 is 1.50 bits per heavy atom. The molecule has 0 spiro atoms. The number of benzene rings is 1. The normalized spacial score (nSPS) is 21.1. The van der Waals surface area contributed by atoms with E-state index in [1.165, 1.54) is 13.2 Å². The summed E-state index contributed by atoms with van der Waals surface area (Å²) in [6, 6.07) is 5.00. The number of halogens is 1. The fourth-order valence-electron chi connectivity index (χ4n) is 1.72. The van der Waals surface area contributed by atoms with Crippen molar-refractivity contribution in [3.63, 3.8) is 0 Å². The molecule has 2 nitrogen and oxygen atoms in total. The molecule has 1 aliphatic rings. The van der Waals surface area contributed by atoms with Crippen LogP contribution in [0.4, 0.5) is 4.39 Å². The first-order valence-electron chi connectivity index (χ1n) is 4.76. The third-order valence-corrected chi connectivity index (χ3v) is 2.48. The van der Waals surface area contributed by atoms with E-state index < -0.39 is 0 Å². The smallest absolute Gasteiger partial charge is 0.165 e. The first-order valence-corrected chi connectivity index (χ1v) is 4.76. The molecule has 0 aliphatic carbocycles. The highest BCUT2D eigenvalue weighted by Gasteiger charge is 2.18. The highest BCUT2D eigenvalue weighted by Crippen LogP contribution is 2.30. The van der Waals surface area contributed by atoms with Gasteiger partial charge in [0, 0.05) is 6.61 Å². The minimum Gasteiger partial charge on any atom is -0.494 e. The fraction of sp³-hybridized carbons (Fsp3) is 0.455. The van der Waals surface area contributed by atoms with Gasteiger partial charge in [-0.1, -0.05) is 6.07 Å². The third-order valence-electron chi connectivity index (χ3n) is 2.48. The Morgan fingerprint density at radius 3 is 2.93 bits per heavy atom. The molecule has 0 radical (unpaired) electrons. The minimum absolute atomic E-state index is 0.0652. The van der Waals surface area contributed by atoms with Crippen LogP contribution in [0.5, 0.6) is 5.75 Å². The minimum atomic E-state index is -0.319. The summed E-state index contributed by atoms with van der Waals surface area (Å²) in [4.78, 5) is 0. The Hall–Kier alpha value is -1.09. The van der Waals surface area contributed by atoms with Crippen molar-refractivity contribution in [2.24, 2.45) is 0 Å². The lowest BCUT2D eigenvalue weighted by molar-refractivity contribution is 0.111. The molecule has 0 bridgehead atoms. The van der Waals surface area contributed by atoms with Crippen molar-refractivity contribution >= 4 is 0 Å². The number of ether oxygens (including phenoxy) is 2. The summed E-state index contributed by atoms with van der Waals surface area (Å²) in [5, 5.41) is 0. The van der Waals surface area contributed by atoms with Crippen LogP contribution in [0.1, 0.15) is 24.5 Å². The molecule has 0 amide bonds. The van der Waals surface area contributed by atoms with E-state index in [1.54, 1.807) is 6.07 Å². The fourth-order valence-corrected chi connectivity index (χ4v) is 1.72. The Morgan fingerprint density at radius 2 is 2.36 bits per heavy atom. The Kier molecular flexibility index (Phi) is 2.68. The Labute approximate surface area is 82.6 Å². The first kappa shape index (κ1) is 9.46. The lowest BCUT2D eigenvalue weighted by Crippen LogP contribution is -1.97. The van der Waals surface area contributed by atoms with Crippen LogP contribution in [0.15, 0.2) is 18.2 Å². The van der Waals surface area contributed by atoms with Gasteiger partial charge in [0.05, 0.1) is 13.2 Å². The van der Waals surface area contributed by atoms with Gasteiger partial charge in [-0.3, -0.25) is 0 Å². The van der Waals surface area contributed by atoms with Crippen molar-refractivity contribution < 1.29 is 13.9 Å². The summed E-state index contributed by atoms with van der Waals surface area (Å²) in [6.07, 6.45) is 2.10. The number of rotatable bonds is 2. The predicted octanol–water partition coefficient (Wildman–Crippen LogP) is 2.69. The summed E-state index contributed by atoms with van der Waals surface area (Å²) in [5.41, 5.74) is 0.904. The van der Waals surface area contributed by atoms with Gasteiger partial charge in [-0.05, 0) is 30.5 Å². The van der Waals surface area contributed by atoms with Crippen LogP contribution in [0.25, 0.3) is 0 Å². The molecule has 1 saturated heterocycles. The van der Waals surface area contributed by atoms with E-state index in [9.17, 15) is 4.39 Å². The van der Waals surface area contributed by atoms with Gasteiger partial charge in [-0.25, -0.2) is 4.39 Å². The Balaban J connectivity index is 2.23. The molecular weight excluding hydrogens is 183 g/mol. The molecule has 1 aromatic rings. The van der Waals surface area contributed by atoms with E-state index in [4.69, 9.17) is 9.47 Å². The molecule has 0 aromatic heterocycles. The molecular formula is C11H13FO2. The van der Waals surface area contributed by atoms with Crippen LogP contribution >= 0.6 is 0 Å². The molecule has 2 rings (SSSR count). The molecule has 1 heterocycles. The van der Waals surface area contributed by atoms with Crippen LogP contribution in [0, 0.1) is 5.82 Å². The quantitative estimate of drug-likeness (QED) is 0.724. The van der Waals surface area contributed by atoms with Crippen LogP contribution in [0.3, 0.4) is 0 Å². The molecule has 76 valence electrons. The monoisotopic (exact) mass is 196 g/mol. The molecule has 14 heavy (non-hydrogen) atoms. The zero-order valence-electron chi connectivity index (χ0n) is 8.13. The summed E-state index contributed by atoms with van der Waals surface area (Å²) in [6.45, 7) is 0.776. The lowest BCUT2D eigenvalue weighted by atomic mass is 10.1. The highest BCUT2D eigenvalue weighted by molar-refractivity contribution is 5.30. The zero-order chi connectivity index (χ0) is 9.97. The van der Waals surface area contributed by atoms with E-state index in [0.717, 1.165) is 25.0 Å². The van der Waals surface area contributed by atoms with Crippen molar-refractivity contribution in [3.05, 3.63) is 29.6 Å². The maximum Gasteiger partial charge on any atom is 0.165 e. The molecule has 1 fully saturated rings. The maximum atomic E-state index is 13.3. The molecule has 1 unspecified atom stereocenters. The molecule has 1 aliphatic heterocycles. The van der Waals surface area contributed by atoms with Crippen LogP contribution < -0.4 is 4.74 Å². The summed E-state index contributed by atoms with van der Waals surface area (Å²) in [7, 11) is 1.46. The van der Waals surface area contributed by atoms with E-state index in [2.05, 4.69) is 0 Å². The number of hydrogen-bond donors (Lipinski definition) is 0. The second-order valence-electron chi connectivity index (χ2n) is 3.40. The van der Waals surface area contributed by atoms with Crippen molar-refractivity contribution in [1.82, 2.24) is 0 Å². The van der Waals surface area contributed by atoms with Crippen LogP contribution in [0.2, 0.25) is 0 Å². The van der Waals surface area contributed by atoms with Gasteiger partial charge in [0.15, 0.2) is 11.6 Å². The molecule has 0 N–H and O–H groups in total. The van der Waals surface area contributed by atoms with Gasteiger partial charge in [0.25, 0.3) is 0 Å². The molecule has 1 atom stereocenters. The van der Waals surface area contributed by atoms with Gasteiger partial charge >= 0.3 is 0 Å². The largest absolute Gasteiger partial charge is 0.494 e. The van der Waals surface area contributed by atoms with E-state index in [1.807, 2.05) is 6.07 Å². The number of hydrogen-bond acceptors (Lipinski definition) is 2. The second kappa shape index (κ2) is 3.96. The van der Waals surface area contributed by atoms with Gasteiger partial charge in [0.1, 0.15) is 0 Å². The molecule has 0 saturated carbocycles. The average Bonchev–Trinajstić information content (AvgIpc) is 2.70. The summed E-state index contributed by atoms with van der Waals surface area (Å²) < 4.78 is 23.6. The van der Waals surface area contributed by atoms with Crippen molar-refractivity contribution in [2.45, 2.75) is 18.9 Å². The summed E-state index contributed by atoms with van der Waals surface area (Å²) >= 11 is 0. The number of methoxy groups -OCH3 is 1. The van der Waals surface area contributed by atoms with Crippen molar-refractivity contribution in [1.29, 1.82) is 0 Å². The standard InChI is InChI=1S/C11H13FO2/c1-13-11-5-4-8(7-9(11)12)10-3-2-6-14-10/h4-5,7,10H,2-3,6H2,1H3. The third kappa shape index (κ3) is 1.73. The maximum absolute atomic E-state index is 13.3. The Bertz CT molecular complexity index is 319. The predicted molar refractivity (Wildman–Crippen MR) is 50.9 cm³/mol. The highest BCUT2D eigenvalue weighted by atomic mass is 19.1. The second-order valence-corrected chi connectivity index (χ2v) is 3.40. The van der Waals surface area contributed by atoms with E-state index in [-0.39, 0.29) is 17.7 Å². The van der Waals surface area contributed by atoms with Crippen LogP contribution in [-0.2, 0) is 4.74 Å². The van der Waals surface area contributed by atoms with E-state index in [0.29, 0.717) is 0 Å². The van der Waals surface area contributed by atoms with Crippen LogP contribution in [-0.4, -0.2) is 13.7 Å². The lowest BCUT2D eigenvalue weighted by Gasteiger charge is -2.10. The van der Waals surface area contributed by atoms with Gasteiger partial charge in [0.2, 0.25) is 0 Å².